The molecule has 96 valence electrons. The van der Waals surface area contributed by atoms with Gasteiger partial charge in [0.1, 0.15) is 0 Å². The highest BCUT2D eigenvalue weighted by Crippen LogP contribution is 2.20. The van der Waals surface area contributed by atoms with Gasteiger partial charge in [-0.25, -0.2) is 0 Å². The van der Waals surface area contributed by atoms with Crippen molar-refractivity contribution in [2.75, 3.05) is 0 Å². The molecule has 0 amide bonds. The summed E-state index contributed by atoms with van der Waals surface area (Å²) in [5.41, 5.74) is 3.15. The van der Waals surface area contributed by atoms with Crippen LogP contribution in [-0.2, 0) is 6.54 Å². The fourth-order valence-corrected chi connectivity index (χ4v) is 2.43. The van der Waals surface area contributed by atoms with Crippen LogP contribution >= 0.6 is 0 Å². The third kappa shape index (κ3) is 2.25. The van der Waals surface area contributed by atoms with E-state index in [1.54, 1.807) is 6.92 Å². The Morgan fingerprint density at radius 2 is 2.00 bits per heavy atom. The third-order valence-electron chi connectivity index (χ3n) is 3.37. The molecule has 0 aliphatic rings. The number of fused-ring (bicyclic) bond motifs is 1. The molecule has 0 aliphatic heterocycles. The van der Waals surface area contributed by atoms with Gasteiger partial charge in [-0.3, -0.25) is 4.98 Å². The lowest BCUT2D eigenvalue weighted by Gasteiger charge is -2.12. The van der Waals surface area contributed by atoms with Crippen LogP contribution in [0.3, 0.4) is 0 Å². The van der Waals surface area contributed by atoms with Crippen molar-refractivity contribution in [2.45, 2.75) is 19.6 Å². The van der Waals surface area contributed by atoms with Crippen LogP contribution in [0.15, 0.2) is 54.9 Å². The molecule has 3 aromatic rings. The van der Waals surface area contributed by atoms with Gasteiger partial charge in [0, 0.05) is 30.0 Å². The molecular formula is C16H16N2O. The predicted molar refractivity (Wildman–Crippen MR) is 75.9 cm³/mol. The minimum atomic E-state index is -0.455. The molecule has 0 fully saturated rings. The van der Waals surface area contributed by atoms with Crippen molar-refractivity contribution in [1.82, 2.24) is 9.55 Å². The summed E-state index contributed by atoms with van der Waals surface area (Å²) in [7, 11) is 0. The van der Waals surface area contributed by atoms with Crippen LogP contribution in [0.4, 0.5) is 0 Å². The molecule has 0 aliphatic carbocycles. The van der Waals surface area contributed by atoms with Gasteiger partial charge in [0.25, 0.3) is 0 Å². The highest BCUT2D eigenvalue weighted by atomic mass is 16.3. The molecule has 0 spiro atoms. The molecule has 0 saturated carbocycles. The van der Waals surface area contributed by atoms with Gasteiger partial charge in [0.15, 0.2) is 0 Å². The number of nitrogens with zero attached hydrogens (tertiary/aromatic N) is 2. The van der Waals surface area contributed by atoms with Gasteiger partial charge in [-0.05, 0) is 36.8 Å². The first-order valence-electron chi connectivity index (χ1n) is 6.41. The molecule has 2 aromatic heterocycles. The Morgan fingerprint density at radius 3 is 2.84 bits per heavy atom. The van der Waals surface area contributed by atoms with Crippen molar-refractivity contribution in [2.24, 2.45) is 0 Å². The molecule has 1 N–H and O–H groups in total. The highest BCUT2D eigenvalue weighted by molar-refractivity contribution is 5.81. The average Bonchev–Trinajstić information content (AvgIpc) is 2.87. The van der Waals surface area contributed by atoms with E-state index < -0.39 is 6.10 Å². The zero-order valence-corrected chi connectivity index (χ0v) is 10.8. The highest BCUT2D eigenvalue weighted by Gasteiger charge is 2.08. The van der Waals surface area contributed by atoms with Crippen LogP contribution in [-0.4, -0.2) is 14.7 Å². The Balaban J connectivity index is 2.04. The van der Waals surface area contributed by atoms with E-state index in [1.807, 2.05) is 48.8 Å². The molecule has 3 rings (SSSR count). The first kappa shape index (κ1) is 11.9. The van der Waals surface area contributed by atoms with Crippen molar-refractivity contribution in [3.63, 3.8) is 0 Å². The summed E-state index contributed by atoms with van der Waals surface area (Å²) < 4.78 is 2.08. The van der Waals surface area contributed by atoms with E-state index in [0.29, 0.717) is 0 Å². The summed E-state index contributed by atoms with van der Waals surface area (Å²) in [6.07, 6.45) is 3.38. The SMILES string of the molecule is CC(O)c1cccn1Cc1ccnc2ccccc12. The second-order valence-corrected chi connectivity index (χ2v) is 4.72. The molecule has 3 nitrogen and oxygen atoms in total. The van der Waals surface area contributed by atoms with E-state index in [0.717, 1.165) is 23.1 Å². The number of pyridine rings is 1. The van der Waals surface area contributed by atoms with Crippen molar-refractivity contribution in [3.05, 3.63) is 66.1 Å². The number of rotatable bonds is 3. The molecule has 0 saturated heterocycles. The van der Waals surface area contributed by atoms with Crippen LogP contribution in [0.25, 0.3) is 10.9 Å². The van der Waals surface area contributed by atoms with Gasteiger partial charge in [0.2, 0.25) is 0 Å². The lowest BCUT2D eigenvalue weighted by Crippen LogP contribution is -2.06. The maximum Gasteiger partial charge on any atom is 0.0911 e. The second-order valence-electron chi connectivity index (χ2n) is 4.72. The van der Waals surface area contributed by atoms with Crippen molar-refractivity contribution >= 4 is 10.9 Å². The molecule has 0 bridgehead atoms. The number of benzene rings is 1. The standard InChI is InChI=1S/C16H16N2O/c1-12(19)16-7-4-10-18(16)11-13-8-9-17-15-6-3-2-5-14(13)15/h2-10,12,19H,11H2,1H3. The Kier molecular flexibility index (Phi) is 3.05. The van der Waals surface area contributed by atoms with Gasteiger partial charge < -0.3 is 9.67 Å². The second kappa shape index (κ2) is 4.86. The number of hydrogen-bond donors (Lipinski definition) is 1. The third-order valence-corrected chi connectivity index (χ3v) is 3.37. The number of hydrogen-bond acceptors (Lipinski definition) is 2. The van der Waals surface area contributed by atoms with Crippen LogP contribution < -0.4 is 0 Å². The minimum Gasteiger partial charge on any atom is -0.387 e. The van der Waals surface area contributed by atoms with Crippen molar-refractivity contribution < 1.29 is 5.11 Å². The van der Waals surface area contributed by atoms with E-state index >= 15 is 0 Å². The summed E-state index contributed by atoms with van der Waals surface area (Å²) in [4.78, 5) is 4.37. The van der Waals surface area contributed by atoms with Gasteiger partial charge in [0.05, 0.1) is 11.6 Å². The lowest BCUT2D eigenvalue weighted by molar-refractivity contribution is 0.190. The molecule has 1 unspecified atom stereocenters. The van der Waals surface area contributed by atoms with E-state index in [1.165, 1.54) is 5.56 Å². The summed E-state index contributed by atoms with van der Waals surface area (Å²) in [5.74, 6) is 0. The molecule has 1 atom stereocenters. The molecule has 1 aromatic carbocycles. The quantitative estimate of drug-likeness (QED) is 0.777. The number of aliphatic hydroxyl groups is 1. The summed E-state index contributed by atoms with van der Waals surface area (Å²) in [6, 6.07) is 14.1. The van der Waals surface area contributed by atoms with Crippen LogP contribution in [0.5, 0.6) is 0 Å². The molecule has 19 heavy (non-hydrogen) atoms. The topological polar surface area (TPSA) is 38.0 Å². The first-order chi connectivity index (χ1) is 9.25. The predicted octanol–water partition coefficient (Wildman–Crippen LogP) is 3.14. The number of para-hydroxylation sites is 1. The average molecular weight is 252 g/mol. The Bertz CT molecular complexity index is 695. The number of aliphatic hydroxyl groups excluding tert-OH is 1. The molecule has 2 heterocycles. The minimum absolute atomic E-state index is 0.455. The van der Waals surface area contributed by atoms with E-state index in [-0.39, 0.29) is 0 Å². The zero-order chi connectivity index (χ0) is 13.2. The monoisotopic (exact) mass is 252 g/mol. The maximum absolute atomic E-state index is 9.75. The van der Waals surface area contributed by atoms with Crippen LogP contribution in [0, 0.1) is 0 Å². The normalized spacial score (nSPS) is 12.7. The smallest absolute Gasteiger partial charge is 0.0911 e. The summed E-state index contributed by atoms with van der Waals surface area (Å²) in [6.45, 7) is 2.53. The van der Waals surface area contributed by atoms with Crippen LogP contribution in [0.2, 0.25) is 0 Å². The fourth-order valence-electron chi connectivity index (χ4n) is 2.43. The Morgan fingerprint density at radius 1 is 1.16 bits per heavy atom. The van der Waals surface area contributed by atoms with Crippen LogP contribution in [0.1, 0.15) is 24.3 Å². The number of aromatic nitrogens is 2. The maximum atomic E-state index is 9.75. The van der Waals surface area contributed by atoms with Gasteiger partial charge >= 0.3 is 0 Å². The zero-order valence-electron chi connectivity index (χ0n) is 10.8. The van der Waals surface area contributed by atoms with E-state index in [9.17, 15) is 5.11 Å². The van der Waals surface area contributed by atoms with Gasteiger partial charge in [-0.1, -0.05) is 18.2 Å². The molecule has 3 heteroatoms. The first-order valence-corrected chi connectivity index (χ1v) is 6.41. The van der Waals surface area contributed by atoms with E-state index in [4.69, 9.17) is 0 Å². The summed E-state index contributed by atoms with van der Waals surface area (Å²) >= 11 is 0. The summed E-state index contributed by atoms with van der Waals surface area (Å²) in [5, 5.41) is 10.9. The largest absolute Gasteiger partial charge is 0.387 e. The molecular weight excluding hydrogens is 236 g/mol. The Labute approximate surface area is 112 Å². The fraction of sp³-hybridized carbons (Fsp3) is 0.188. The van der Waals surface area contributed by atoms with Crippen molar-refractivity contribution in [1.29, 1.82) is 0 Å². The van der Waals surface area contributed by atoms with Gasteiger partial charge in [-0.15, -0.1) is 0 Å². The lowest BCUT2D eigenvalue weighted by atomic mass is 10.1. The molecule has 0 radical (unpaired) electrons. The van der Waals surface area contributed by atoms with Gasteiger partial charge in [-0.2, -0.15) is 0 Å². The Hall–Kier alpha value is -2.13. The van der Waals surface area contributed by atoms with E-state index in [2.05, 4.69) is 15.6 Å². The van der Waals surface area contributed by atoms with Crippen molar-refractivity contribution in [3.8, 4) is 0 Å².